The number of rotatable bonds is 3. The Morgan fingerprint density at radius 2 is 1.69 bits per heavy atom. The minimum Gasteiger partial charge on any atom is -0.748 e. The van der Waals surface area contributed by atoms with Gasteiger partial charge in [-0.15, -0.1) is 0 Å². The minimum atomic E-state index is -3.92. The number of hydrogen-bond donors (Lipinski definition) is 0. The highest BCUT2D eigenvalue weighted by molar-refractivity contribution is 7.84. The Morgan fingerprint density at radius 3 is 2.06 bits per heavy atom. The first-order valence-corrected chi connectivity index (χ1v) is 7.32. The normalized spacial score (nSPS) is 19.8. The first-order valence-electron chi connectivity index (χ1n) is 5.50. The lowest BCUT2D eigenvalue weighted by molar-refractivity contribution is -0.914. The highest BCUT2D eigenvalue weighted by atomic mass is 32.2. The second kappa shape index (κ2) is 7.21. The number of likely N-dealkylation sites (tertiary alicyclic amines) is 1. The molecule has 1 heterocycles. The smallest absolute Gasteiger partial charge is 0.102 e. The Kier molecular flexibility index (Phi) is 7.14. The second-order valence-electron chi connectivity index (χ2n) is 4.55. The maximum atomic E-state index is 9.08. The summed E-state index contributed by atoms with van der Waals surface area (Å²) in [5.41, 5.74) is 0. The van der Waals surface area contributed by atoms with E-state index in [1.165, 1.54) is 43.4 Å². The molecule has 0 N–H and O–H groups in total. The van der Waals surface area contributed by atoms with Crippen molar-refractivity contribution in [2.24, 2.45) is 0 Å². The van der Waals surface area contributed by atoms with Gasteiger partial charge in [-0.2, -0.15) is 0 Å². The first-order chi connectivity index (χ1) is 7.27. The van der Waals surface area contributed by atoms with Crippen LogP contribution >= 0.6 is 0 Å². The molecule has 1 aliphatic rings. The number of likely N-dealkylation sites (N-methyl/N-ethyl adjacent to an activating group) is 1. The lowest BCUT2D eigenvalue weighted by Crippen LogP contribution is -2.49. The predicted octanol–water partition coefficient (Wildman–Crippen LogP) is 0.425. The highest BCUT2D eigenvalue weighted by Gasteiger charge is 2.23. The van der Waals surface area contributed by atoms with Crippen LogP contribution in [0.4, 0.5) is 0 Å². The van der Waals surface area contributed by atoms with Crippen molar-refractivity contribution in [3.63, 3.8) is 0 Å². The van der Waals surface area contributed by atoms with Crippen LogP contribution < -0.4 is 0 Å². The number of methoxy groups -OCH3 is 1. The van der Waals surface area contributed by atoms with Gasteiger partial charge in [0.1, 0.15) is 6.54 Å². The summed E-state index contributed by atoms with van der Waals surface area (Å²) in [6, 6.07) is 0. The maximum absolute atomic E-state index is 9.08. The molecule has 0 saturated carbocycles. The number of ether oxygens (including phenoxy) is 1. The van der Waals surface area contributed by atoms with E-state index in [1.807, 2.05) is 0 Å². The summed E-state index contributed by atoms with van der Waals surface area (Å²) in [5.74, 6) is 0. The summed E-state index contributed by atoms with van der Waals surface area (Å²) in [4.78, 5) is 0. The fourth-order valence-corrected chi connectivity index (χ4v) is 1.81. The van der Waals surface area contributed by atoms with Gasteiger partial charge in [-0.3, -0.25) is 0 Å². The molecule has 1 saturated heterocycles. The quantitative estimate of drug-likeness (QED) is 0.540. The van der Waals surface area contributed by atoms with E-state index in [4.69, 9.17) is 17.7 Å². The van der Waals surface area contributed by atoms with Gasteiger partial charge in [0.15, 0.2) is 0 Å². The SMILES string of the molecule is COCC[N+]1(C)CCCCC1.CS(=O)(=O)[O-]. The Bertz CT molecular complexity index is 263. The van der Waals surface area contributed by atoms with E-state index in [2.05, 4.69) is 7.05 Å². The molecule has 1 aliphatic heterocycles. The molecule has 0 bridgehead atoms. The number of piperidine rings is 1. The maximum Gasteiger partial charge on any atom is 0.102 e. The van der Waals surface area contributed by atoms with Crippen molar-refractivity contribution in [3.05, 3.63) is 0 Å². The third-order valence-corrected chi connectivity index (χ3v) is 2.73. The Balaban J connectivity index is 0.000000385. The van der Waals surface area contributed by atoms with E-state index < -0.39 is 10.1 Å². The molecule has 1 rings (SSSR count). The van der Waals surface area contributed by atoms with Gasteiger partial charge in [0.25, 0.3) is 0 Å². The molecular formula is C10H23NO4S. The summed E-state index contributed by atoms with van der Waals surface area (Å²) >= 11 is 0. The average Bonchev–Trinajstić information content (AvgIpc) is 2.13. The average molecular weight is 253 g/mol. The molecule has 1 fully saturated rings. The molecule has 0 radical (unpaired) electrons. The zero-order chi connectivity index (χ0) is 12.7. The van der Waals surface area contributed by atoms with Crippen LogP contribution in [-0.2, 0) is 14.9 Å². The van der Waals surface area contributed by atoms with Gasteiger partial charge in [0.2, 0.25) is 0 Å². The first kappa shape index (κ1) is 15.8. The molecular weight excluding hydrogens is 230 g/mol. The van der Waals surface area contributed by atoms with Crippen LogP contribution in [0.25, 0.3) is 0 Å². The molecule has 0 atom stereocenters. The monoisotopic (exact) mass is 253 g/mol. The molecule has 6 heteroatoms. The molecule has 0 aliphatic carbocycles. The van der Waals surface area contributed by atoms with E-state index in [-0.39, 0.29) is 0 Å². The fraction of sp³-hybridized carbons (Fsp3) is 1.00. The van der Waals surface area contributed by atoms with Crippen molar-refractivity contribution in [2.45, 2.75) is 19.3 Å². The van der Waals surface area contributed by atoms with Crippen molar-refractivity contribution in [2.75, 3.05) is 46.7 Å². The molecule has 0 spiro atoms. The van der Waals surface area contributed by atoms with Gasteiger partial charge >= 0.3 is 0 Å². The third-order valence-electron chi connectivity index (χ3n) is 2.73. The zero-order valence-corrected chi connectivity index (χ0v) is 11.3. The van der Waals surface area contributed by atoms with E-state index in [0.717, 1.165) is 6.61 Å². The molecule has 0 aromatic carbocycles. The Hall–Kier alpha value is -0.170. The summed E-state index contributed by atoms with van der Waals surface area (Å²) in [6.45, 7) is 4.81. The Morgan fingerprint density at radius 1 is 1.25 bits per heavy atom. The Labute approximate surface area is 98.7 Å². The van der Waals surface area contributed by atoms with Crippen molar-refractivity contribution >= 4 is 10.1 Å². The van der Waals surface area contributed by atoms with Gasteiger partial charge < -0.3 is 13.8 Å². The molecule has 0 unspecified atom stereocenters. The summed E-state index contributed by atoms with van der Waals surface area (Å²) < 4.78 is 33.6. The van der Waals surface area contributed by atoms with Crippen molar-refractivity contribution in [1.82, 2.24) is 0 Å². The van der Waals surface area contributed by atoms with Crippen molar-refractivity contribution in [1.29, 1.82) is 0 Å². The van der Waals surface area contributed by atoms with Crippen LogP contribution in [0.2, 0.25) is 0 Å². The van der Waals surface area contributed by atoms with Crippen LogP contribution in [0.3, 0.4) is 0 Å². The lowest BCUT2D eigenvalue weighted by atomic mass is 10.1. The molecule has 16 heavy (non-hydrogen) atoms. The van der Waals surface area contributed by atoms with Crippen molar-refractivity contribution in [3.8, 4) is 0 Å². The molecule has 0 aromatic rings. The van der Waals surface area contributed by atoms with Gasteiger partial charge in [-0.1, -0.05) is 0 Å². The molecule has 98 valence electrons. The van der Waals surface area contributed by atoms with Crippen LogP contribution in [0.1, 0.15) is 19.3 Å². The molecule has 0 amide bonds. The van der Waals surface area contributed by atoms with Crippen LogP contribution in [-0.4, -0.2) is 64.1 Å². The van der Waals surface area contributed by atoms with Crippen LogP contribution in [0.5, 0.6) is 0 Å². The number of hydrogen-bond acceptors (Lipinski definition) is 4. The topological polar surface area (TPSA) is 66.4 Å². The van der Waals surface area contributed by atoms with Crippen LogP contribution in [0.15, 0.2) is 0 Å². The molecule has 5 nitrogen and oxygen atoms in total. The zero-order valence-electron chi connectivity index (χ0n) is 10.4. The summed E-state index contributed by atoms with van der Waals surface area (Å²) in [7, 11) is 0.217. The van der Waals surface area contributed by atoms with Crippen LogP contribution in [0, 0.1) is 0 Å². The van der Waals surface area contributed by atoms with Gasteiger partial charge in [-0.05, 0) is 19.3 Å². The predicted molar refractivity (Wildman–Crippen MR) is 62.1 cm³/mol. The van der Waals surface area contributed by atoms with Gasteiger partial charge in [0, 0.05) is 13.4 Å². The van der Waals surface area contributed by atoms with E-state index in [0.29, 0.717) is 6.26 Å². The third kappa shape index (κ3) is 10.4. The fourth-order valence-electron chi connectivity index (χ4n) is 1.81. The van der Waals surface area contributed by atoms with E-state index in [9.17, 15) is 0 Å². The van der Waals surface area contributed by atoms with Gasteiger partial charge in [0.05, 0.1) is 36.9 Å². The standard InChI is InChI=1S/C9H20NO.CH4O3S/c1-10(8-9-11-2)6-4-3-5-7-10;1-5(2,3)4/h3-9H2,1-2H3;1H3,(H,2,3,4)/q+1;/p-1. The van der Waals surface area contributed by atoms with Crippen molar-refractivity contribution < 1.29 is 22.2 Å². The summed E-state index contributed by atoms with van der Waals surface area (Å²) in [5, 5.41) is 0. The second-order valence-corrected chi connectivity index (χ2v) is 5.96. The highest BCUT2D eigenvalue weighted by Crippen LogP contribution is 2.15. The molecule has 0 aromatic heterocycles. The number of quaternary nitrogens is 1. The largest absolute Gasteiger partial charge is 0.748 e. The van der Waals surface area contributed by atoms with Gasteiger partial charge in [-0.25, -0.2) is 8.42 Å². The lowest BCUT2D eigenvalue weighted by Gasteiger charge is -2.37. The van der Waals surface area contributed by atoms with E-state index in [1.54, 1.807) is 7.11 Å². The van der Waals surface area contributed by atoms with E-state index >= 15 is 0 Å². The minimum absolute atomic E-state index is 0.604. The number of nitrogens with zero attached hydrogens (tertiary/aromatic N) is 1. The summed E-state index contributed by atoms with van der Waals surface area (Å²) in [6.07, 6.45) is 4.84.